The molecule has 0 saturated heterocycles. The molecule has 2 nitrogen and oxygen atoms in total. The van der Waals surface area contributed by atoms with Crippen LogP contribution < -0.4 is 0 Å². The van der Waals surface area contributed by atoms with E-state index in [-0.39, 0.29) is 18.0 Å². The minimum absolute atomic E-state index is 0.0147. The summed E-state index contributed by atoms with van der Waals surface area (Å²) in [6.45, 7) is 5.96. The lowest BCUT2D eigenvalue weighted by molar-refractivity contribution is -0.152. The van der Waals surface area contributed by atoms with E-state index < -0.39 is 0 Å². The molecule has 0 aromatic carbocycles. The van der Waals surface area contributed by atoms with Gasteiger partial charge >= 0.3 is 5.97 Å². The quantitative estimate of drug-likeness (QED) is 0.595. The van der Waals surface area contributed by atoms with Gasteiger partial charge in [0.15, 0.2) is 0 Å². The van der Waals surface area contributed by atoms with Gasteiger partial charge in [0.1, 0.15) is 6.10 Å². The summed E-state index contributed by atoms with van der Waals surface area (Å²) in [6.07, 6.45) is 3.52. The molecule has 0 aromatic heterocycles. The Morgan fingerprint density at radius 3 is 2.50 bits per heavy atom. The molecule has 0 spiro atoms. The standard InChI is InChI=1S/C10H18O2/c1-7(2)10(11)12-9-5-4-8(3)6-9/h7-9H,4-6H2,1-3H3/t8-,9-/m1/s1. The van der Waals surface area contributed by atoms with Crippen LogP contribution in [-0.2, 0) is 9.53 Å². The molecule has 0 N–H and O–H groups in total. The van der Waals surface area contributed by atoms with Crippen molar-refractivity contribution in [1.29, 1.82) is 0 Å². The van der Waals surface area contributed by atoms with Crippen LogP contribution in [0.2, 0.25) is 0 Å². The zero-order chi connectivity index (χ0) is 9.14. The van der Waals surface area contributed by atoms with Crippen molar-refractivity contribution in [2.24, 2.45) is 11.8 Å². The Morgan fingerprint density at radius 1 is 1.42 bits per heavy atom. The Kier molecular flexibility index (Phi) is 3.12. The van der Waals surface area contributed by atoms with Gasteiger partial charge in [-0.2, -0.15) is 0 Å². The highest BCUT2D eigenvalue weighted by molar-refractivity contribution is 5.71. The number of carbonyl (C=O) groups excluding carboxylic acids is 1. The maximum atomic E-state index is 11.2. The highest BCUT2D eigenvalue weighted by atomic mass is 16.5. The lowest BCUT2D eigenvalue weighted by Crippen LogP contribution is -2.19. The summed E-state index contributed by atoms with van der Waals surface area (Å²) < 4.78 is 5.30. The number of rotatable bonds is 2. The summed E-state index contributed by atoms with van der Waals surface area (Å²) in [6, 6.07) is 0. The Bertz CT molecular complexity index is 163. The molecular weight excluding hydrogens is 152 g/mol. The summed E-state index contributed by atoms with van der Waals surface area (Å²) in [5, 5.41) is 0. The highest BCUT2D eigenvalue weighted by Crippen LogP contribution is 2.27. The van der Waals surface area contributed by atoms with Crippen molar-refractivity contribution in [2.45, 2.75) is 46.1 Å². The number of carbonyl (C=O) groups is 1. The van der Waals surface area contributed by atoms with Crippen LogP contribution in [0.15, 0.2) is 0 Å². The normalized spacial score (nSPS) is 29.3. The summed E-state index contributed by atoms with van der Waals surface area (Å²) in [7, 11) is 0. The van der Waals surface area contributed by atoms with Gasteiger partial charge in [0.25, 0.3) is 0 Å². The maximum Gasteiger partial charge on any atom is 0.308 e. The fraction of sp³-hybridized carbons (Fsp3) is 0.900. The molecule has 0 heterocycles. The first kappa shape index (κ1) is 9.56. The minimum atomic E-state index is -0.0471. The highest BCUT2D eigenvalue weighted by Gasteiger charge is 2.25. The van der Waals surface area contributed by atoms with Gasteiger partial charge in [-0.3, -0.25) is 4.79 Å². The molecule has 1 rings (SSSR count). The van der Waals surface area contributed by atoms with Crippen molar-refractivity contribution in [2.75, 3.05) is 0 Å². The van der Waals surface area contributed by atoms with Crippen molar-refractivity contribution in [3.63, 3.8) is 0 Å². The molecule has 0 radical (unpaired) electrons. The fourth-order valence-electron chi connectivity index (χ4n) is 1.56. The minimum Gasteiger partial charge on any atom is -0.462 e. The van der Waals surface area contributed by atoms with E-state index in [1.54, 1.807) is 0 Å². The lowest BCUT2D eigenvalue weighted by Gasteiger charge is -2.13. The monoisotopic (exact) mass is 170 g/mol. The van der Waals surface area contributed by atoms with Gasteiger partial charge < -0.3 is 4.74 Å². The van der Waals surface area contributed by atoms with Crippen LogP contribution in [0, 0.1) is 11.8 Å². The second kappa shape index (κ2) is 3.92. The molecule has 2 heteroatoms. The van der Waals surface area contributed by atoms with Crippen molar-refractivity contribution >= 4 is 5.97 Å². The number of ether oxygens (including phenoxy) is 1. The molecule has 0 amide bonds. The van der Waals surface area contributed by atoms with Crippen LogP contribution in [0.25, 0.3) is 0 Å². The van der Waals surface area contributed by atoms with Crippen LogP contribution >= 0.6 is 0 Å². The topological polar surface area (TPSA) is 26.3 Å². The first-order valence-electron chi connectivity index (χ1n) is 4.80. The number of hydrogen-bond donors (Lipinski definition) is 0. The molecule has 12 heavy (non-hydrogen) atoms. The van der Waals surface area contributed by atoms with Gasteiger partial charge in [0, 0.05) is 0 Å². The Morgan fingerprint density at radius 2 is 2.08 bits per heavy atom. The van der Waals surface area contributed by atoms with Gasteiger partial charge in [-0.1, -0.05) is 20.8 Å². The molecule has 2 atom stereocenters. The zero-order valence-corrected chi connectivity index (χ0v) is 8.17. The van der Waals surface area contributed by atoms with Crippen molar-refractivity contribution in [3.05, 3.63) is 0 Å². The molecule has 0 bridgehead atoms. The summed E-state index contributed by atoms with van der Waals surface area (Å²) >= 11 is 0. The average Bonchev–Trinajstić information content (AvgIpc) is 2.35. The van der Waals surface area contributed by atoms with Gasteiger partial charge in [0.2, 0.25) is 0 Å². The molecule has 70 valence electrons. The van der Waals surface area contributed by atoms with Gasteiger partial charge in [-0.05, 0) is 25.2 Å². The molecule has 1 aliphatic rings. The first-order chi connectivity index (χ1) is 5.59. The predicted octanol–water partition coefficient (Wildman–Crippen LogP) is 2.37. The summed E-state index contributed by atoms with van der Waals surface area (Å²) in [5.74, 6) is 0.699. The van der Waals surface area contributed by atoms with E-state index in [9.17, 15) is 4.79 Å². The molecule has 0 unspecified atom stereocenters. The third kappa shape index (κ3) is 2.50. The third-order valence-electron chi connectivity index (χ3n) is 2.40. The van der Waals surface area contributed by atoms with E-state index in [0.717, 1.165) is 18.8 Å². The molecule has 1 saturated carbocycles. The van der Waals surface area contributed by atoms with Crippen molar-refractivity contribution in [3.8, 4) is 0 Å². The van der Waals surface area contributed by atoms with Gasteiger partial charge in [-0.15, -0.1) is 0 Å². The van der Waals surface area contributed by atoms with Gasteiger partial charge in [-0.25, -0.2) is 0 Å². The zero-order valence-electron chi connectivity index (χ0n) is 8.17. The first-order valence-corrected chi connectivity index (χ1v) is 4.80. The lowest BCUT2D eigenvalue weighted by atomic mass is 10.1. The van der Waals surface area contributed by atoms with E-state index in [0.29, 0.717) is 0 Å². The molecule has 0 aromatic rings. The summed E-state index contributed by atoms with van der Waals surface area (Å²) in [5.41, 5.74) is 0. The van der Waals surface area contributed by atoms with Crippen LogP contribution in [0.5, 0.6) is 0 Å². The predicted molar refractivity (Wildman–Crippen MR) is 47.7 cm³/mol. The van der Waals surface area contributed by atoms with Gasteiger partial charge in [0.05, 0.1) is 5.92 Å². The van der Waals surface area contributed by atoms with Crippen LogP contribution in [0.1, 0.15) is 40.0 Å². The summed E-state index contributed by atoms with van der Waals surface area (Å²) in [4.78, 5) is 11.2. The largest absolute Gasteiger partial charge is 0.462 e. The number of hydrogen-bond acceptors (Lipinski definition) is 2. The Hall–Kier alpha value is -0.530. The van der Waals surface area contributed by atoms with E-state index in [1.165, 1.54) is 6.42 Å². The Labute approximate surface area is 74.3 Å². The van der Waals surface area contributed by atoms with E-state index in [2.05, 4.69) is 6.92 Å². The average molecular weight is 170 g/mol. The van der Waals surface area contributed by atoms with Crippen molar-refractivity contribution < 1.29 is 9.53 Å². The van der Waals surface area contributed by atoms with E-state index >= 15 is 0 Å². The smallest absolute Gasteiger partial charge is 0.308 e. The molecule has 1 fully saturated rings. The Balaban J connectivity index is 2.28. The second-order valence-corrected chi connectivity index (χ2v) is 4.13. The molecular formula is C10H18O2. The number of esters is 1. The van der Waals surface area contributed by atoms with E-state index in [1.807, 2.05) is 13.8 Å². The van der Waals surface area contributed by atoms with Crippen LogP contribution in [0.3, 0.4) is 0 Å². The van der Waals surface area contributed by atoms with E-state index in [4.69, 9.17) is 4.74 Å². The maximum absolute atomic E-state index is 11.2. The fourth-order valence-corrected chi connectivity index (χ4v) is 1.56. The van der Waals surface area contributed by atoms with Crippen molar-refractivity contribution in [1.82, 2.24) is 0 Å². The third-order valence-corrected chi connectivity index (χ3v) is 2.40. The molecule has 1 aliphatic carbocycles. The SMILES string of the molecule is CC(C)C(=O)O[C@@H]1CC[C@@H](C)C1. The molecule has 0 aliphatic heterocycles. The van der Waals surface area contributed by atoms with Crippen LogP contribution in [-0.4, -0.2) is 12.1 Å². The van der Waals surface area contributed by atoms with Crippen LogP contribution in [0.4, 0.5) is 0 Å². The second-order valence-electron chi connectivity index (χ2n) is 4.13.